The van der Waals surface area contributed by atoms with Crippen molar-refractivity contribution in [3.63, 3.8) is 0 Å². The molecule has 1 unspecified atom stereocenters. The summed E-state index contributed by atoms with van der Waals surface area (Å²) in [6, 6.07) is 6.96. The summed E-state index contributed by atoms with van der Waals surface area (Å²) in [5.74, 6) is 0.927. The fraction of sp³-hybridized carbons (Fsp3) is 0.480. The molecular weight excluding hydrogens is 423 g/mol. The Morgan fingerprint density at radius 2 is 1.88 bits per heavy atom. The smallest absolute Gasteiger partial charge is 0.405 e. The number of carbonyl (C=O) groups is 1. The van der Waals surface area contributed by atoms with Crippen molar-refractivity contribution in [3.8, 4) is 17.0 Å². The van der Waals surface area contributed by atoms with E-state index in [1.54, 1.807) is 26.8 Å². The average molecular weight is 459 g/mol. The van der Waals surface area contributed by atoms with Crippen molar-refractivity contribution in [3.05, 3.63) is 42.6 Å². The summed E-state index contributed by atoms with van der Waals surface area (Å²) < 4.78 is 26.6. The standard InChI is InChI=1S/C20H24FN3O.C5H11NO2/c1-13(2)9-14(3)11-25-18-6-5-15(10-17(18)21)19-16-7-8-24(4)20(16)23-12-22-19;1-5(2,3)8-4(6)7/h5-8,10,12-14H,9,11H2,1-4H3;1-3H3,(H2,6,7). The first-order chi connectivity index (χ1) is 15.4. The number of carbonyl (C=O) groups excluding carboxylic acids is 1. The van der Waals surface area contributed by atoms with E-state index in [0.29, 0.717) is 18.4 Å². The molecule has 3 rings (SSSR count). The van der Waals surface area contributed by atoms with Gasteiger partial charge in [-0.05, 0) is 63.3 Å². The molecule has 180 valence electrons. The number of primary amides is 1. The summed E-state index contributed by atoms with van der Waals surface area (Å²) in [6.45, 7) is 12.3. The average Bonchev–Trinajstić information content (AvgIpc) is 3.06. The molecule has 2 N–H and O–H groups in total. The highest BCUT2D eigenvalue weighted by atomic mass is 19.1. The minimum atomic E-state index is -0.725. The van der Waals surface area contributed by atoms with Gasteiger partial charge in [0.2, 0.25) is 0 Å². The van der Waals surface area contributed by atoms with E-state index in [0.717, 1.165) is 28.7 Å². The Morgan fingerprint density at radius 1 is 1.18 bits per heavy atom. The van der Waals surface area contributed by atoms with E-state index < -0.39 is 11.7 Å². The van der Waals surface area contributed by atoms with E-state index in [2.05, 4.69) is 35.5 Å². The highest BCUT2D eigenvalue weighted by Gasteiger charge is 2.14. The number of rotatable bonds is 6. The highest BCUT2D eigenvalue weighted by Crippen LogP contribution is 2.29. The van der Waals surface area contributed by atoms with Crippen molar-refractivity contribution >= 4 is 17.1 Å². The van der Waals surface area contributed by atoms with Gasteiger partial charge in [-0.15, -0.1) is 0 Å². The molecule has 0 saturated heterocycles. The summed E-state index contributed by atoms with van der Waals surface area (Å²) in [5.41, 5.74) is 6.54. The number of fused-ring (bicyclic) bond motifs is 1. The van der Waals surface area contributed by atoms with Crippen molar-refractivity contribution in [1.82, 2.24) is 14.5 Å². The van der Waals surface area contributed by atoms with Crippen LogP contribution in [0.2, 0.25) is 0 Å². The number of amides is 1. The number of hydrogen-bond acceptors (Lipinski definition) is 5. The first kappa shape index (κ1) is 26.1. The molecule has 0 aliphatic carbocycles. The Kier molecular flexibility index (Phi) is 8.79. The molecule has 33 heavy (non-hydrogen) atoms. The predicted octanol–water partition coefficient (Wildman–Crippen LogP) is 5.72. The van der Waals surface area contributed by atoms with Gasteiger partial charge in [0.05, 0.1) is 12.3 Å². The largest absolute Gasteiger partial charge is 0.490 e. The predicted molar refractivity (Wildman–Crippen MR) is 128 cm³/mol. The number of halogens is 1. The maximum absolute atomic E-state index is 14.5. The minimum absolute atomic E-state index is 0.290. The van der Waals surface area contributed by atoms with Crippen LogP contribution in [0.15, 0.2) is 36.8 Å². The fourth-order valence-corrected chi connectivity index (χ4v) is 3.48. The quantitative estimate of drug-likeness (QED) is 0.510. The second-order valence-electron chi connectivity index (χ2n) is 9.61. The molecule has 0 saturated carbocycles. The van der Waals surface area contributed by atoms with Crippen LogP contribution in [0.5, 0.6) is 5.75 Å². The molecule has 0 spiro atoms. The molecule has 8 heteroatoms. The number of nitrogens with zero attached hydrogens (tertiary/aromatic N) is 3. The lowest BCUT2D eigenvalue weighted by molar-refractivity contribution is 0.0600. The third-order valence-corrected chi connectivity index (χ3v) is 4.67. The van der Waals surface area contributed by atoms with Gasteiger partial charge in [-0.2, -0.15) is 0 Å². The van der Waals surface area contributed by atoms with Crippen molar-refractivity contribution in [2.75, 3.05) is 6.61 Å². The zero-order valence-corrected chi connectivity index (χ0v) is 20.6. The first-order valence-electron chi connectivity index (χ1n) is 11.0. The molecule has 1 atom stereocenters. The minimum Gasteiger partial charge on any atom is -0.490 e. The van der Waals surface area contributed by atoms with E-state index in [4.69, 9.17) is 10.5 Å². The number of aryl methyl sites for hydroxylation is 1. The Bertz CT molecular complexity index is 1070. The van der Waals surface area contributed by atoms with Crippen LogP contribution in [-0.2, 0) is 11.8 Å². The molecule has 0 fully saturated rings. The van der Waals surface area contributed by atoms with Crippen molar-refractivity contribution < 1.29 is 18.7 Å². The van der Waals surface area contributed by atoms with Gasteiger partial charge in [-0.25, -0.2) is 19.2 Å². The molecular formula is C25H35FN4O3. The summed E-state index contributed by atoms with van der Waals surface area (Å²) in [4.78, 5) is 18.6. The monoisotopic (exact) mass is 458 g/mol. The van der Waals surface area contributed by atoms with Crippen molar-refractivity contribution in [2.24, 2.45) is 24.6 Å². The van der Waals surface area contributed by atoms with Gasteiger partial charge in [-0.1, -0.05) is 20.8 Å². The van der Waals surface area contributed by atoms with Gasteiger partial charge in [0.15, 0.2) is 11.6 Å². The molecule has 0 aliphatic rings. The Morgan fingerprint density at radius 3 is 2.42 bits per heavy atom. The van der Waals surface area contributed by atoms with Crippen LogP contribution in [0, 0.1) is 17.7 Å². The molecule has 0 radical (unpaired) electrons. The van der Waals surface area contributed by atoms with E-state index in [9.17, 15) is 9.18 Å². The maximum Gasteiger partial charge on any atom is 0.405 e. The van der Waals surface area contributed by atoms with E-state index >= 15 is 0 Å². The zero-order valence-electron chi connectivity index (χ0n) is 20.6. The van der Waals surface area contributed by atoms with Crippen molar-refractivity contribution in [1.29, 1.82) is 0 Å². The lowest BCUT2D eigenvalue weighted by Crippen LogP contribution is -2.27. The first-order valence-corrected chi connectivity index (χ1v) is 11.0. The van der Waals surface area contributed by atoms with Gasteiger partial charge >= 0.3 is 6.09 Å². The maximum atomic E-state index is 14.5. The summed E-state index contributed by atoms with van der Waals surface area (Å²) in [7, 11) is 1.93. The third-order valence-electron chi connectivity index (χ3n) is 4.67. The van der Waals surface area contributed by atoms with Gasteiger partial charge in [-0.3, -0.25) is 0 Å². The summed E-state index contributed by atoms with van der Waals surface area (Å²) >= 11 is 0. The van der Waals surface area contributed by atoms with Crippen LogP contribution in [0.1, 0.15) is 48.0 Å². The van der Waals surface area contributed by atoms with Crippen molar-refractivity contribution in [2.45, 2.75) is 53.6 Å². The fourth-order valence-electron chi connectivity index (χ4n) is 3.48. The molecule has 1 aromatic carbocycles. The molecule has 0 aliphatic heterocycles. The lowest BCUT2D eigenvalue weighted by Gasteiger charge is -2.16. The number of hydrogen-bond donors (Lipinski definition) is 1. The molecule has 3 aromatic rings. The van der Waals surface area contributed by atoms with Gasteiger partial charge in [0.1, 0.15) is 17.6 Å². The van der Waals surface area contributed by atoms with Crippen LogP contribution >= 0.6 is 0 Å². The van der Waals surface area contributed by atoms with Crippen LogP contribution in [0.4, 0.5) is 9.18 Å². The zero-order chi connectivity index (χ0) is 24.8. The van der Waals surface area contributed by atoms with Crippen LogP contribution in [-0.4, -0.2) is 32.8 Å². The molecule has 2 aromatic heterocycles. The lowest BCUT2D eigenvalue weighted by atomic mass is 10.00. The second kappa shape index (κ2) is 11.1. The topological polar surface area (TPSA) is 92.3 Å². The summed E-state index contributed by atoms with van der Waals surface area (Å²) in [6.07, 6.45) is 3.77. The van der Waals surface area contributed by atoms with E-state index in [1.807, 2.05) is 29.9 Å². The number of benzene rings is 1. The number of aromatic nitrogens is 3. The van der Waals surface area contributed by atoms with E-state index in [1.165, 1.54) is 12.4 Å². The molecule has 2 heterocycles. The summed E-state index contributed by atoms with van der Waals surface area (Å²) in [5, 5.41) is 0.906. The second-order valence-corrected chi connectivity index (χ2v) is 9.61. The van der Waals surface area contributed by atoms with Crippen LogP contribution in [0.3, 0.4) is 0 Å². The Labute approximate surface area is 195 Å². The van der Waals surface area contributed by atoms with Gasteiger partial charge in [0.25, 0.3) is 0 Å². The SMILES string of the molecule is CC(C)(C)OC(N)=O.CC(C)CC(C)COc1ccc(-c2ncnc3c2ccn3C)cc1F. The molecule has 7 nitrogen and oxygen atoms in total. The Balaban J connectivity index is 0.000000414. The van der Waals surface area contributed by atoms with Gasteiger partial charge < -0.3 is 19.8 Å². The highest BCUT2D eigenvalue weighted by molar-refractivity contribution is 5.90. The third kappa shape index (κ3) is 8.04. The number of nitrogens with two attached hydrogens (primary N) is 1. The molecule has 0 bridgehead atoms. The Hall–Kier alpha value is -3.16. The van der Waals surface area contributed by atoms with Crippen LogP contribution in [0.25, 0.3) is 22.3 Å². The van der Waals surface area contributed by atoms with Gasteiger partial charge in [0, 0.05) is 24.2 Å². The molecule has 1 amide bonds. The number of ether oxygens (including phenoxy) is 2. The van der Waals surface area contributed by atoms with E-state index in [-0.39, 0.29) is 11.6 Å². The normalized spacial score (nSPS) is 12.3. The van der Waals surface area contributed by atoms with Crippen LogP contribution < -0.4 is 10.5 Å².